The van der Waals surface area contributed by atoms with Crippen LogP contribution in [-0.2, 0) is 12.7 Å². The monoisotopic (exact) mass is 383 g/mol. The second-order valence-corrected chi connectivity index (χ2v) is 7.26. The van der Waals surface area contributed by atoms with Gasteiger partial charge in [0.15, 0.2) is 0 Å². The van der Waals surface area contributed by atoms with Crippen LogP contribution in [0.3, 0.4) is 0 Å². The molecule has 28 heavy (non-hydrogen) atoms. The maximum atomic E-state index is 13.5. The molecule has 0 radical (unpaired) electrons. The van der Waals surface area contributed by atoms with Crippen molar-refractivity contribution >= 4 is 22.5 Å². The summed E-state index contributed by atoms with van der Waals surface area (Å²) >= 11 is 0. The lowest BCUT2D eigenvalue weighted by Crippen LogP contribution is -2.26. The van der Waals surface area contributed by atoms with E-state index in [1.54, 1.807) is 29.2 Å². The number of amides is 1. The van der Waals surface area contributed by atoms with Crippen molar-refractivity contribution in [1.29, 1.82) is 0 Å². The first kappa shape index (κ1) is 17.0. The van der Waals surface area contributed by atoms with Gasteiger partial charge in [0.1, 0.15) is 0 Å². The highest BCUT2D eigenvalue weighted by molar-refractivity contribution is 6.11. The topological polar surface area (TPSA) is 59.2 Å². The summed E-state index contributed by atoms with van der Waals surface area (Å²) < 4.78 is 40.6. The molecule has 2 aliphatic rings. The summed E-state index contributed by atoms with van der Waals surface area (Å²) in [5, 5.41) is 0.499. The predicted molar refractivity (Wildman–Crippen MR) is 99.5 cm³/mol. The van der Waals surface area contributed by atoms with Gasteiger partial charge in [0, 0.05) is 17.0 Å². The summed E-state index contributed by atoms with van der Waals surface area (Å²) in [4.78, 5) is 19.1. The van der Waals surface area contributed by atoms with Gasteiger partial charge in [0.25, 0.3) is 5.91 Å². The van der Waals surface area contributed by atoms with Crippen LogP contribution < -0.4 is 5.73 Å². The first-order valence-corrected chi connectivity index (χ1v) is 9.05. The van der Waals surface area contributed by atoms with Crippen LogP contribution in [0, 0.1) is 0 Å². The summed E-state index contributed by atoms with van der Waals surface area (Å²) in [6.45, 7) is 0.355. The number of pyridine rings is 1. The number of benzene rings is 2. The van der Waals surface area contributed by atoms with Gasteiger partial charge in [-0.15, -0.1) is 0 Å². The van der Waals surface area contributed by atoms with Gasteiger partial charge in [-0.25, -0.2) is 4.98 Å². The van der Waals surface area contributed by atoms with Crippen molar-refractivity contribution in [2.45, 2.75) is 31.6 Å². The van der Waals surface area contributed by atoms with E-state index in [9.17, 15) is 18.0 Å². The minimum absolute atomic E-state index is 0.0517. The highest BCUT2D eigenvalue weighted by Gasteiger charge is 2.41. The van der Waals surface area contributed by atoms with Crippen molar-refractivity contribution in [3.05, 3.63) is 59.3 Å². The standard InChI is InChI=1S/C21H16F3N3O/c22-21(23,24)15-7-2-1-4-12(15)13-5-3-6-14-18(25)17-16(26-19(13)14)10-27(20(17)28)11-8-9-11/h1-7,11H,8-10H2,(H2,25,26). The van der Waals surface area contributed by atoms with Crippen molar-refractivity contribution in [3.63, 3.8) is 0 Å². The largest absolute Gasteiger partial charge is 0.417 e. The zero-order valence-electron chi connectivity index (χ0n) is 14.8. The van der Waals surface area contributed by atoms with Crippen molar-refractivity contribution < 1.29 is 18.0 Å². The normalized spacial score (nSPS) is 16.7. The van der Waals surface area contributed by atoms with Gasteiger partial charge in [-0.1, -0.05) is 36.4 Å². The minimum atomic E-state index is -4.49. The Morgan fingerprint density at radius 1 is 1.04 bits per heavy atom. The number of nitrogens with zero attached hydrogens (tertiary/aromatic N) is 2. The molecule has 0 saturated heterocycles. The fourth-order valence-electron chi connectivity index (χ4n) is 3.96. The molecule has 2 aromatic carbocycles. The molecule has 142 valence electrons. The minimum Gasteiger partial charge on any atom is -0.397 e. The Morgan fingerprint density at radius 2 is 1.75 bits per heavy atom. The van der Waals surface area contributed by atoms with Crippen molar-refractivity contribution in [1.82, 2.24) is 9.88 Å². The Balaban J connectivity index is 1.75. The number of hydrogen-bond donors (Lipinski definition) is 1. The molecule has 3 aromatic rings. The quantitative estimate of drug-likeness (QED) is 0.702. The Hall–Kier alpha value is -3.09. The van der Waals surface area contributed by atoms with Crippen LogP contribution in [0.4, 0.5) is 18.9 Å². The second-order valence-electron chi connectivity index (χ2n) is 7.26. The van der Waals surface area contributed by atoms with Gasteiger partial charge in [0.2, 0.25) is 0 Å². The number of rotatable bonds is 2. The van der Waals surface area contributed by atoms with E-state index in [1.165, 1.54) is 12.1 Å². The van der Waals surface area contributed by atoms with E-state index in [1.807, 2.05) is 0 Å². The van der Waals surface area contributed by atoms with Gasteiger partial charge in [-0.3, -0.25) is 4.79 Å². The summed E-state index contributed by atoms with van der Waals surface area (Å²) in [5.41, 5.74) is 7.60. The van der Waals surface area contributed by atoms with Crippen LogP contribution in [0.25, 0.3) is 22.0 Å². The molecule has 1 amide bonds. The maximum absolute atomic E-state index is 13.5. The summed E-state index contributed by atoms with van der Waals surface area (Å²) in [7, 11) is 0. The number of para-hydroxylation sites is 1. The molecule has 1 aromatic heterocycles. The van der Waals surface area contributed by atoms with E-state index >= 15 is 0 Å². The molecule has 1 fully saturated rings. The zero-order chi connectivity index (χ0) is 19.6. The van der Waals surface area contributed by atoms with Crippen molar-refractivity contribution in [3.8, 4) is 11.1 Å². The lowest BCUT2D eigenvalue weighted by Gasteiger charge is -2.15. The third kappa shape index (κ3) is 2.46. The fraction of sp³-hybridized carbons (Fsp3) is 0.238. The van der Waals surface area contributed by atoms with Gasteiger partial charge in [0.05, 0.1) is 34.6 Å². The van der Waals surface area contributed by atoms with E-state index in [4.69, 9.17) is 5.73 Å². The number of halogens is 3. The molecule has 7 heteroatoms. The molecular weight excluding hydrogens is 367 g/mol. The molecule has 1 aliphatic heterocycles. The third-order valence-corrected chi connectivity index (χ3v) is 5.44. The number of fused-ring (bicyclic) bond motifs is 2. The zero-order valence-corrected chi connectivity index (χ0v) is 14.8. The van der Waals surface area contributed by atoms with E-state index < -0.39 is 11.7 Å². The first-order valence-electron chi connectivity index (χ1n) is 9.05. The number of hydrogen-bond acceptors (Lipinski definition) is 3. The molecule has 0 bridgehead atoms. The summed E-state index contributed by atoms with van der Waals surface area (Å²) in [6.07, 6.45) is -2.56. The Kier molecular flexibility index (Phi) is 3.47. The molecule has 1 aliphatic carbocycles. The van der Waals surface area contributed by atoms with Crippen LogP contribution in [0.5, 0.6) is 0 Å². The maximum Gasteiger partial charge on any atom is 0.417 e. The number of nitrogen functional groups attached to an aromatic ring is 1. The molecule has 0 unspecified atom stereocenters. The number of nitrogens with two attached hydrogens (primary N) is 1. The predicted octanol–water partition coefficient (Wildman–Crippen LogP) is 4.62. The van der Waals surface area contributed by atoms with Crippen molar-refractivity contribution in [2.24, 2.45) is 0 Å². The average molecular weight is 383 g/mol. The van der Waals surface area contributed by atoms with Crippen LogP contribution in [0.2, 0.25) is 0 Å². The fourth-order valence-corrected chi connectivity index (χ4v) is 3.96. The Labute approximate surface area is 158 Å². The Morgan fingerprint density at radius 3 is 2.46 bits per heavy atom. The van der Waals surface area contributed by atoms with E-state index in [0.29, 0.717) is 40.0 Å². The van der Waals surface area contributed by atoms with E-state index in [-0.39, 0.29) is 17.5 Å². The van der Waals surface area contributed by atoms with Gasteiger partial charge in [-0.05, 0) is 24.5 Å². The summed E-state index contributed by atoms with van der Waals surface area (Å²) in [6, 6.07) is 10.6. The number of carbonyl (C=O) groups excluding carboxylic acids is 1. The van der Waals surface area contributed by atoms with Crippen LogP contribution in [-0.4, -0.2) is 21.8 Å². The van der Waals surface area contributed by atoms with Gasteiger partial charge < -0.3 is 10.6 Å². The Bertz CT molecular complexity index is 1140. The lowest BCUT2D eigenvalue weighted by atomic mass is 9.95. The molecule has 0 spiro atoms. The molecule has 0 atom stereocenters. The number of aromatic nitrogens is 1. The third-order valence-electron chi connectivity index (χ3n) is 5.44. The SMILES string of the molecule is Nc1c2c(nc3c(-c4ccccc4C(F)(F)F)cccc13)CN(C1CC1)C2=O. The summed E-state index contributed by atoms with van der Waals surface area (Å²) in [5.74, 6) is -0.134. The van der Waals surface area contributed by atoms with Crippen molar-refractivity contribution in [2.75, 3.05) is 5.73 Å². The van der Waals surface area contributed by atoms with E-state index in [0.717, 1.165) is 18.9 Å². The first-order chi connectivity index (χ1) is 13.4. The lowest BCUT2D eigenvalue weighted by molar-refractivity contribution is -0.137. The average Bonchev–Trinajstić information content (AvgIpc) is 3.45. The highest BCUT2D eigenvalue weighted by atomic mass is 19.4. The number of anilines is 1. The second kappa shape index (κ2) is 5.70. The van der Waals surface area contributed by atoms with E-state index in [2.05, 4.69) is 4.98 Å². The van der Waals surface area contributed by atoms with Gasteiger partial charge >= 0.3 is 6.18 Å². The van der Waals surface area contributed by atoms with Gasteiger partial charge in [-0.2, -0.15) is 13.2 Å². The number of carbonyl (C=O) groups is 1. The van der Waals surface area contributed by atoms with Crippen LogP contribution >= 0.6 is 0 Å². The molecule has 2 N–H and O–H groups in total. The molecule has 2 heterocycles. The number of alkyl halides is 3. The highest BCUT2D eigenvalue weighted by Crippen LogP contribution is 2.42. The molecule has 5 rings (SSSR count). The molecule has 4 nitrogen and oxygen atoms in total. The molecular formula is C21H16F3N3O. The van der Waals surface area contributed by atoms with Crippen LogP contribution in [0.1, 0.15) is 34.5 Å². The molecule has 1 saturated carbocycles. The van der Waals surface area contributed by atoms with Crippen LogP contribution in [0.15, 0.2) is 42.5 Å². The smallest absolute Gasteiger partial charge is 0.397 e.